The van der Waals surface area contributed by atoms with Crippen molar-refractivity contribution in [2.45, 2.75) is 45.6 Å². The zero-order chi connectivity index (χ0) is 12.8. The van der Waals surface area contributed by atoms with Crippen LogP contribution in [0.25, 0.3) is 0 Å². The van der Waals surface area contributed by atoms with Gasteiger partial charge in [-0.2, -0.15) is 0 Å². The molecule has 2 aliphatic rings. The van der Waals surface area contributed by atoms with Gasteiger partial charge in [0.2, 0.25) is 0 Å². The van der Waals surface area contributed by atoms with Gasteiger partial charge in [-0.1, -0.05) is 6.92 Å². The maximum absolute atomic E-state index is 4.66. The molecule has 112 valence electrons. The van der Waals surface area contributed by atoms with E-state index in [2.05, 4.69) is 34.4 Å². The first-order valence-electron chi connectivity index (χ1n) is 7.55. The first-order chi connectivity index (χ1) is 8.78. The van der Waals surface area contributed by atoms with Gasteiger partial charge in [0.15, 0.2) is 5.96 Å². The van der Waals surface area contributed by atoms with Gasteiger partial charge in [0.05, 0.1) is 6.54 Å². The van der Waals surface area contributed by atoms with Crippen molar-refractivity contribution in [1.82, 2.24) is 15.5 Å². The van der Waals surface area contributed by atoms with Crippen molar-refractivity contribution in [2.24, 2.45) is 10.9 Å². The van der Waals surface area contributed by atoms with Crippen LogP contribution in [0.1, 0.15) is 39.5 Å². The summed E-state index contributed by atoms with van der Waals surface area (Å²) < 4.78 is 0. The molecule has 0 bridgehead atoms. The van der Waals surface area contributed by atoms with Crippen LogP contribution in [0, 0.1) is 5.92 Å². The normalized spacial score (nSPS) is 21.9. The molecule has 0 aromatic rings. The average molecular weight is 380 g/mol. The summed E-state index contributed by atoms with van der Waals surface area (Å²) in [7, 11) is 0. The predicted molar refractivity (Wildman–Crippen MR) is 92.4 cm³/mol. The molecule has 0 atom stereocenters. The third-order valence-electron chi connectivity index (χ3n) is 3.82. The largest absolute Gasteiger partial charge is 0.357 e. The zero-order valence-corrected chi connectivity index (χ0v) is 14.7. The minimum atomic E-state index is 0. The number of guanidine groups is 1. The van der Waals surface area contributed by atoms with Crippen molar-refractivity contribution in [3.05, 3.63) is 0 Å². The van der Waals surface area contributed by atoms with E-state index in [-0.39, 0.29) is 24.0 Å². The molecule has 1 heterocycles. The van der Waals surface area contributed by atoms with E-state index >= 15 is 0 Å². The molecular formula is C14H29IN4. The van der Waals surface area contributed by atoms with Crippen molar-refractivity contribution in [3.63, 3.8) is 0 Å². The molecular weight excluding hydrogens is 351 g/mol. The van der Waals surface area contributed by atoms with Crippen LogP contribution in [0.15, 0.2) is 4.99 Å². The van der Waals surface area contributed by atoms with E-state index in [0.29, 0.717) is 6.04 Å². The highest BCUT2D eigenvalue weighted by Crippen LogP contribution is 2.18. The summed E-state index contributed by atoms with van der Waals surface area (Å²) in [6.45, 7) is 9.95. The Kier molecular flexibility index (Phi) is 8.06. The predicted octanol–water partition coefficient (Wildman–Crippen LogP) is 2.05. The summed E-state index contributed by atoms with van der Waals surface area (Å²) in [6.07, 6.45) is 5.30. The summed E-state index contributed by atoms with van der Waals surface area (Å²) in [6, 6.07) is 0.679. The maximum atomic E-state index is 4.66. The van der Waals surface area contributed by atoms with Gasteiger partial charge in [0, 0.05) is 19.1 Å². The SMILES string of the molecule is CCNC(=NCCN1CCC(C)CC1)NC1CC1.I. The molecule has 1 saturated heterocycles. The topological polar surface area (TPSA) is 39.7 Å². The van der Waals surface area contributed by atoms with E-state index in [1.807, 2.05) is 0 Å². The Labute approximate surface area is 134 Å². The molecule has 2 rings (SSSR count). The van der Waals surface area contributed by atoms with Crippen molar-refractivity contribution in [2.75, 3.05) is 32.7 Å². The Hall–Kier alpha value is -0.0400. The number of hydrogen-bond donors (Lipinski definition) is 2. The number of likely N-dealkylation sites (tertiary alicyclic amines) is 1. The van der Waals surface area contributed by atoms with E-state index in [4.69, 9.17) is 0 Å². The van der Waals surface area contributed by atoms with Gasteiger partial charge in [0.25, 0.3) is 0 Å². The Morgan fingerprint density at radius 3 is 2.47 bits per heavy atom. The van der Waals surface area contributed by atoms with Crippen molar-refractivity contribution >= 4 is 29.9 Å². The van der Waals surface area contributed by atoms with Gasteiger partial charge in [-0.05, 0) is 51.6 Å². The Morgan fingerprint density at radius 1 is 1.21 bits per heavy atom. The van der Waals surface area contributed by atoms with Crippen LogP contribution in [0.4, 0.5) is 0 Å². The summed E-state index contributed by atoms with van der Waals surface area (Å²) in [5, 5.41) is 6.78. The highest BCUT2D eigenvalue weighted by atomic mass is 127. The summed E-state index contributed by atoms with van der Waals surface area (Å²) in [4.78, 5) is 7.21. The molecule has 1 aliphatic heterocycles. The second kappa shape index (κ2) is 9.00. The zero-order valence-electron chi connectivity index (χ0n) is 12.3. The fourth-order valence-electron chi connectivity index (χ4n) is 2.33. The maximum Gasteiger partial charge on any atom is 0.191 e. The number of hydrogen-bond acceptors (Lipinski definition) is 2. The fraction of sp³-hybridized carbons (Fsp3) is 0.929. The van der Waals surface area contributed by atoms with E-state index in [0.717, 1.165) is 31.5 Å². The van der Waals surface area contributed by atoms with Gasteiger partial charge in [0.1, 0.15) is 0 Å². The van der Waals surface area contributed by atoms with E-state index in [1.165, 1.54) is 38.8 Å². The molecule has 0 aromatic heterocycles. The molecule has 4 nitrogen and oxygen atoms in total. The number of halogens is 1. The molecule has 2 N–H and O–H groups in total. The van der Waals surface area contributed by atoms with Crippen molar-refractivity contribution < 1.29 is 0 Å². The van der Waals surface area contributed by atoms with Gasteiger partial charge >= 0.3 is 0 Å². The standard InChI is InChI=1S/C14H28N4.HI/c1-3-15-14(17-13-4-5-13)16-8-11-18-9-6-12(2)7-10-18;/h12-13H,3-11H2,1-2H3,(H2,15,16,17);1H. The Balaban J connectivity index is 0.00000180. The highest BCUT2D eigenvalue weighted by Gasteiger charge is 2.22. The summed E-state index contributed by atoms with van der Waals surface area (Å²) in [5.41, 5.74) is 0. The quantitative estimate of drug-likeness (QED) is 0.436. The molecule has 0 amide bonds. The molecule has 0 aromatic carbocycles. The molecule has 19 heavy (non-hydrogen) atoms. The Bertz CT molecular complexity index is 271. The number of piperidine rings is 1. The number of nitrogens with zero attached hydrogens (tertiary/aromatic N) is 2. The Morgan fingerprint density at radius 2 is 1.89 bits per heavy atom. The lowest BCUT2D eigenvalue weighted by Gasteiger charge is -2.29. The first-order valence-corrected chi connectivity index (χ1v) is 7.55. The average Bonchev–Trinajstić information content (AvgIpc) is 3.16. The lowest BCUT2D eigenvalue weighted by atomic mass is 9.99. The molecule has 0 spiro atoms. The van der Waals surface area contributed by atoms with Crippen LogP contribution in [0.5, 0.6) is 0 Å². The fourth-order valence-corrected chi connectivity index (χ4v) is 2.33. The third-order valence-corrected chi connectivity index (χ3v) is 3.82. The van der Waals surface area contributed by atoms with Gasteiger partial charge in [-0.3, -0.25) is 4.99 Å². The second-order valence-electron chi connectivity index (χ2n) is 5.70. The molecule has 0 unspecified atom stereocenters. The minimum Gasteiger partial charge on any atom is -0.357 e. The number of rotatable bonds is 5. The smallest absolute Gasteiger partial charge is 0.191 e. The van der Waals surface area contributed by atoms with Crippen LogP contribution < -0.4 is 10.6 Å². The monoisotopic (exact) mass is 380 g/mol. The first kappa shape index (κ1) is 17.0. The van der Waals surface area contributed by atoms with Crippen LogP contribution >= 0.6 is 24.0 Å². The lowest BCUT2D eigenvalue weighted by Crippen LogP contribution is -2.39. The van der Waals surface area contributed by atoms with Crippen LogP contribution in [-0.2, 0) is 0 Å². The lowest BCUT2D eigenvalue weighted by molar-refractivity contribution is 0.197. The van der Waals surface area contributed by atoms with Crippen LogP contribution in [0.2, 0.25) is 0 Å². The van der Waals surface area contributed by atoms with E-state index in [9.17, 15) is 0 Å². The summed E-state index contributed by atoms with van der Waals surface area (Å²) >= 11 is 0. The molecule has 1 aliphatic carbocycles. The van der Waals surface area contributed by atoms with Crippen molar-refractivity contribution in [3.8, 4) is 0 Å². The van der Waals surface area contributed by atoms with E-state index < -0.39 is 0 Å². The minimum absolute atomic E-state index is 0. The number of aliphatic imine (C=N–C) groups is 1. The molecule has 2 fully saturated rings. The van der Waals surface area contributed by atoms with E-state index in [1.54, 1.807) is 0 Å². The molecule has 0 radical (unpaired) electrons. The van der Waals surface area contributed by atoms with Crippen LogP contribution in [-0.4, -0.2) is 49.6 Å². The second-order valence-corrected chi connectivity index (χ2v) is 5.70. The van der Waals surface area contributed by atoms with Crippen molar-refractivity contribution in [1.29, 1.82) is 0 Å². The summed E-state index contributed by atoms with van der Waals surface area (Å²) in [5.74, 6) is 1.92. The van der Waals surface area contributed by atoms with Gasteiger partial charge < -0.3 is 15.5 Å². The van der Waals surface area contributed by atoms with Gasteiger partial charge in [-0.25, -0.2) is 0 Å². The van der Waals surface area contributed by atoms with Gasteiger partial charge in [-0.15, -0.1) is 24.0 Å². The van der Waals surface area contributed by atoms with Crippen LogP contribution in [0.3, 0.4) is 0 Å². The molecule has 1 saturated carbocycles. The third kappa shape index (κ3) is 6.79. The number of nitrogens with one attached hydrogen (secondary N) is 2. The highest BCUT2D eigenvalue weighted by molar-refractivity contribution is 14.0. The molecule has 5 heteroatoms.